The van der Waals surface area contributed by atoms with E-state index < -0.39 is 0 Å². The molecule has 214 valence electrons. The van der Waals surface area contributed by atoms with E-state index in [1.165, 1.54) is 72.6 Å². The van der Waals surface area contributed by atoms with E-state index in [1.54, 1.807) is 0 Å². The lowest BCUT2D eigenvalue weighted by Gasteiger charge is -2.30. The first-order chi connectivity index (χ1) is 21.2. The van der Waals surface area contributed by atoms with Gasteiger partial charge in [0, 0.05) is 27.9 Å². The van der Waals surface area contributed by atoms with Crippen LogP contribution in [0.15, 0.2) is 133 Å². The van der Waals surface area contributed by atoms with Crippen LogP contribution in [0.4, 0.5) is 17.1 Å². The fourth-order valence-electron chi connectivity index (χ4n) is 7.69. The summed E-state index contributed by atoms with van der Waals surface area (Å²) in [5.41, 5.74) is 18.1. The second-order valence-corrected chi connectivity index (χ2v) is 13.6. The predicted molar refractivity (Wildman–Crippen MR) is 186 cm³/mol. The van der Waals surface area contributed by atoms with Crippen molar-refractivity contribution in [1.29, 1.82) is 0 Å². The van der Waals surface area contributed by atoms with Crippen molar-refractivity contribution in [2.75, 3.05) is 4.90 Å². The molecule has 1 nitrogen and oxygen atoms in total. The largest absolute Gasteiger partial charge is 0.310 e. The number of anilines is 3. The smallest absolute Gasteiger partial charge is 0.0465 e. The van der Waals surface area contributed by atoms with E-state index in [-0.39, 0.29) is 10.8 Å². The van der Waals surface area contributed by atoms with Crippen molar-refractivity contribution in [3.63, 3.8) is 0 Å². The quantitative estimate of drug-likeness (QED) is 0.205. The Hall–Kier alpha value is -4.88. The minimum absolute atomic E-state index is 0.0653. The maximum Gasteiger partial charge on any atom is 0.0465 e. The molecule has 0 spiro atoms. The lowest BCUT2D eigenvalue weighted by atomic mass is 9.81. The highest BCUT2D eigenvalue weighted by atomic mass is 15.1. The van der Waals surface area contributed by atoms with Gasteiger partial charge in [-0.3, -0.25) is 0 Å². The van der Waals surface area contributed by atoms with Gasteiger partial charge in [-0.1, -0.05) is 130 Å². The molecule has 6 aromatic carbocycles. The summed E-state index contributed by atoms with van der Waals surface area (Å²) < 4.78 is 0. The van der Waals surface area contributed by atoms with Gasteiger partial charge in [0.1, 0.15) is 0 Å². The van der Waals surface area contributed by atoms with Crippen molar-refractivity contribution in [1.82, 2.24) is 0 Å². The average Bonchev–Trinajstić information content (AvgIpc) is 3.41. The zero-order chi connectivity index (χ0) is 30.2. The standard InChI is InChI=1S/C43H37N/c1-28-15-22-35-37-24-21-33(27-41(37)43(4,5)39(35)25-28)44(31-18-16-30(17-19-31)29-11-7-6-8-12-29)32-20-23-36-34-13-9-10-14-38(34)42(2,3)40(36)26-32/h6-27H,1-5H3. The second kappa shape index (κ2) is 9.56. The monoisotopic (exact) mass is 567 g/mol. The van der Waals surface area contributed by atoms with Gasteiger partial charge in [-0.15, -0.1) is 0 Å². The third-order valence-electron chi connectivity index (χ3n) is 10.1. The summed E-state index contributed by atoms with van der Waals surface area (Å²) in [5, 5.41) is 0. The van der Waals surface area contributed by atoms with E-state index in [0.717, 1.165) is 5.69 Å². The van der Waals surface area contributed by atoms with E-state index in [4.69, 9.17) is 0 Å². The predicted octanol–water partition coefficient (Wildman–Crippen LogP) is 11.7. The molecule has 0 saturated carbocycles. The van der Waals surface area contributed by atoms with Crippen molar-refractivity contribution < 1.29 is 0 Å². The van der Waals surface area contributed by atoms with Crippen LogP contribution in [0.3, 0.4) is 0 Å². The second-order valence-electron chi connectivity index (χ2n) is 13.6. The molecule has 0 bridgehead atoms. The van der Waals surface area contributed by atoms with E-state index in [1.807, 2.05) is 0 Å². The lowest BCUT2D eigenvalue weighted by molar-refractivity contribution is 0.659. The molecular formula is C43H37N. The molecule has 6 aromatic rings. The Morgan fingerprint density at radius 1 is 0.386 bits per heavy atom. The van der Waals surface area contributed by atoms with Gasteiger partial charge in [0.25, 0.3) is 0 Å². The van der Waals surface area contributed by atoms with E-state index in [0.29, 0.717) is 0 Å². The zero-order valence-corrected chi connectivity index (χ0v) is 26.1. The molecule has 0 radical (unpaired) electrons. The van der Waals surface area contributed by atoms with Crippen LogP contribution >= 0.6 is 0 Å². The summed E-state index contributed by atoms with van der Waals surface area (Å²) in [7, 11) is 0. The van der Waals surface area contributed by atoms with Crippen LogP contribution in [0.2, 0.25) is 0 Å². The van der Waals surface area contributed by atoms with Crippen LogP contribution in [0.1, 0.15) is 55.5 Å². The van der Waals surface area contributed by atoms with Crippen molar-refractivity contribution in [2.45, 2.75) is 45.4 Å². The van der Waals surface area contributed by atoms with Crippen molar-refractivity contribution >= 4 is 17.1 Å². The van der Waals surface area contributed by atoms with Gasteiger partial charge < -0.3 is 4.90 Å². The van der Waals surface area contributed by atoms with Crippen LogP contribution in [-0.2, 0) is 10.8 Å². The van der Waals surface area contributed by atoms with Gasteiger partial charge >= 0.3 is 0 Å². The Kier molecular flexibility index (Phi) is 5.81. The molecule has 2 aliphatic rings. The third kappa shape index (κ3) is 3.92. The number of rotatable bonds is 4. The molecule has 0 aromatic heterocycles. The molecule has 0 aliphatic heterocycles. The summed E-state index contributed by atoms with van der Waals surface area (Å²) >= 11 is 0. The summed E-state index contributed by atoms with van der Waals surface area (Å²) in [4.78, 5) is 2.44. The Labute approximate surface area is 261 Å². The molecule has 44 heavy (non-hydrogen) atoms. The molecule has 0 atom stereocenters. The van der Waals surface area contributed by atoms with Gasteiger partial charge in [0.2, 0.25) is 0 Å². The summed E-state index contributed by atoms with van der Waals surface area (Å²) in [5.74, 6) is 0. The lowest BCUT2D eigenvalue weighted by Crippen LogP contribution is -2.18. The van der Waals surface area contributed by atoms with Crippen LogP contribution in [0.5, 0.6) is 0 Å². The maximum atomic E-state index is 2.44. The van der Waals surface area contributed by atoms with E-state index >= 15 is 0 Å². The van der Waals surface area contributed by atoms with Crippen molar-refractivity contribution in [3.8, 4) is 33.4 Å². The molecule has 0 unspecified atom stereocenters. The molecule has 0 N–H and O–H groups in total. The minimum atomic E-state index is -0.0723. The molecule has 0 fully saturated rings. The maximum absolute atomic E-state index is 2.44. The van der Waals surface area contributed by atoms with Crippen LogP contribution in [0.25, 0.3) is 33.4 Å². The van der Waals surface area contributed by atoms with Gasteiger partial charge in [-0.05, 0) is 99.0 Å². The molecule has 0 heterocycles. The fourth-order valence-corrected chi connectivity index (χ4v) is 7.69. The number of hydrogen-bond acceptors (Lipinski definition) is 1. The average molecular weight is 568 g/mol. The number of benzene rings is 6. The molecule has 0 amide bonds. The molecular weight excluding hydrogens is 530 g/mol. The number of nitrogens with zero attached hydrogens (tertiary/aromatic N) is 1. The first kappa shape index (κ1) is 26.7. The Morgan fingerprint density at radius 2 is 0.841 bits per heavy atom. The molecule has 2 aliphatic carbocycles. The number of hydrogen-bond donors (Lipinski definition) is 0. The summed E-state index contributed by atoms with van der Waals surface area (Å²) in [6.45, 7) is 11.7. The highest BCUT2D eigenvalue weighted by molar-refractivity contribution is 5.88. The van der Waals surface area contributed by atoms with Gasteiger partial charge in [0.05, 0.1) is 0 Å². The number of fused-ring (bicyclic) bond motifs is 6. The van der Waals surface area contributed by atoms with Gasteiger partial charge in [-0.25, -0.2) is 0 Å². The fraction of sp³-hybridized carbons (Fsp3) is 0.163. The highest BCUT2D eigenvalue weighted by Gasteiger charge is 2.37. The highest BCUT2D eigenvalue weighted by Crippen LogP contribution is 2.53. The van der Waals surface area contributed by atoms with Crippen LogP contribution in [-0.4, -0.2) is 0 Å². The van der Waals surface area contributed by atoms with Crippen molar-refractivity contribution in [2.24, 2.45) is 0 Å². The van der Waals surface area contributed by atoms with Gasteiger partial charge in [-0.2, -0.15) is 0 Å². The van der Waals surface area contributed by atoms with Crippen molar-refractivity contribution in [3.05, 3.63) is 161 Å². The topological polar surface area (TPSA) is 3.24 Å². The summed E-state index contributed by atoms with van der Waals surface area (Å²) in [6, 6.07) is 49.6. The van der Waals surface area contributed by atoms with E-state index in [9.17, 15) is 0 Å². The Morgan fingerprint density at radius 3 is 1.48 bits per heavy atom. The molecule has 1 heteroatoms. The zero-order valence-electron chi connectivity index (χ0n) is 26.1. The SMILES string of the molecule is Cc1ccc2c(c1)C(C)(C)c1cc(N(c3ccc(-c4ccccc4)cc3)c3ccc4c(c3)C(C)(C)c3ccccc3-4)ccc1-2. The Bertz CT molecular complexity index is 2060. The van der Waals surface area contributed by atoms with E-state index in [2.05, 4.69) is 173 Å². The van der Waals surface area contributed by atoms with Crippen LogP contribution in [0, 0.1) is 6.92 Å². The first-order valence-electron chi connectivity index (χ1n) is 15.7. The third-order valence-corrected chi connectivity index (χ3v) is 10.1. The normalized spacial score (nSPS) is 14.8. The Balaban J connectivity index is 1.30. The molecule has 0 saturated heterocycles. The first-order valence-corrected chi connectivity index (χ1v) is 15.7. The summed E-state index contributed by atoms with van der Waals surface area (Å²) in [6.07, 6.45) is 0. The minimum Gasteiger partial charge on any atom is -0.310 e. The van der Waals surface area contributed by atoms with Crippen LogP contribution < -0.4 is 4.90 Å². The van der Waals surface area contributed by atoms with Gasteiger partial charge in [0.15, 0.2) is 0 Å². The number of aryl methyl sites for hydroxylation is 1. The molecule has 8 rings (SSSR count).